The molecule has 1 saturated heterocycles. The van der Waals surface area contributed by atoms with Crippen molar-refractivity contribution in [2.75, 3.05) is 20.2 Å². The lowest BCUT2D eigenvalue weighted by Gasteiger charge is -2.34. The molecule has 2 unspecified atom stereocenters. The molecular weight excluding hydrogens is 368 g/mol. The van der Waals surface area contributed by atoms with Gasteiger partial charge in [0.15, 0.2) is 0 Å². The number of methoxy groups -OCH3 is 1. The molecule has 1 aliphatic rings. The Morgan fingerprint density at radius 1 is 1.28 bits per heavy atom. The number of amides is 1. The zero-order valence-electron chi connectivity index (χ0n) is 18.5. The van der Waals surface area contributed by atoms with Gasteiger partial charge in [0.1, 0.15) is 5.60 Å². The van der Waals surface area contributed by atoms with Gasteiger partial charge in [-0.15, -0.1) is 0 Å². The van der Waals surface area contributed by atoms with E-state index in [1.165, 1.54) is 12.7 Å². The minimum absolute atomic E-state index is 0.140. The van der Waals surface area contributed by atoms with Crippen LogP contribution in [0.3, 0.4) is 0 Å². The molecule has 29 heavy (non-hydrogen) atoms. The smallest absolute Gasteiger partial charge is 0.410 e. The van der Waals surface area contributed by atoms with Crippen molar-refractivity contribution < 1.29 is 19.1 Å². The Hall–Kier alpha value is -2.11. The molecule has 1 aliphatic heterocycles. The molecule has 0 saturated carbocycles. The van der Waals surface area contributed by atoms with Crippen molar-refractivity contribution in [1.82, 2.24) is 9.88 Å². The number of pyridine rings is 1. The predicted octanol–water partition coefficient (Wildman–Crippen LogP) is 4.79. The molecule has 6 heteroatoms. The number of carbonyl (C=O) groups is 2. The van der Waals surface area contributed by atoms with Gasteiger partial charge in [-0.25, -0.2) is 4.79 Å². The molecule has 2 heterocycles. The van der Waals surface area contributed by atoms with Crippen LogP contribution in [0.4, 0.5) is 4.79 Å². The number of ether oxygens (including phenoxy) is 2. The number of piperidine rings is 1. The molecule has 1 aromatic heterocycles. The topological polar surface area (TPSA) is 68.7 Å². The number of aromatic nitrogens is 1. The number of esters is 1. The molecule has 0 spiro atoms. The fourth-order valence-electron chi connectivity index (χ4n) is 3.93. The number of hydrogen-bond acceptors (Lipinski definition) is 5. The van der Waals surface area contributed by atoms with E-state index in [0.717, 1.165) is 45.2 Å². The van der Waals surface area contributed by atoms with E-state index in [2.05, 4.69) is 11.1 Å². The minimum atomic E-state index is -0.457. The molecule has 2 atom stereocenters. The van der Waals surface area contributed by atoms with Gasteiger partial charge >= 0.3 is 12.1 Å². The van der Waals surface area contributed by atoms with Crippen LogP contribution in [0.2, 0.25) is 0 Å². The first kappa shape index (κ1) is 23.2. The third-order valence-corrected chi connectivity index (χ3v) is 5.59. The molecule has 1 amide bonds. The molecule has 0 N–H and O–H groups in total. The van der Waals surface area contributed by atoms with Crippen molar-refractivity contribution in [3.8, 4) is 0 Å². The molecule has 0 aromatic carbocycles. The van der Waals surface area contributed by atoms with Crippen LogP contribution in [0.1, 0.15) is 71.3 Å². The van der Waals surface area contributed by atoms with Gasteiger partial charge in [-0.2, -0.15) is 0 Å². The van der Waals surface area contributed by atoms with Crippen molar-refractivity contribution in [2.45, 2.75) is 71.3 Å². The third kappa shape index (κ3) is 7.67. The standard InChI is InChI=1S/C23H36N2O4/c1-17(21(26)28-5)15-19(20-7-6-12-24-16-20)9-8-18-10-13-25(14-11-18)22(27)29-23(2,3)4/h6-7,12,16-19H,8-11,13-15H2,1-5H3. The van der Waals surface area contributed by atoms with Crippen LogP contribution in [0.15, 0.2) is 24.5 Å². The minimum Gasteiger partial charge on any atom is -0.469 e. The van der Waals surface area contributed by atoms with Crippen LogP contribution in [0.5, 0.6) is 0 Å². The van der Waals surface area contributed by atoms with Gasteiger partial charge < -0.3 is 14.4 Å². The summed E-state index contributed by atoms with van der Waals surface area (Å²) < 4.78 is 10.4. The van der Waals surface area contributed by atoms with Gasteiger partial charge in [0.2, 0.25) is 0 Å². The Morgan fingerprint density at radius 2 is 1.97 bits per heavy atom. The Morgan fingerprint density at radius 3 is 2.52 bits per heavy atom. The Kier molecular flexibility index (Phi) is 8.47. The van der Waals surface area contributed by atoms with Crippen LogP contribution in [0, 0.1) is 11.8 Å². The van der Waals surface area contributed by atoms with E-state index < -0.39 is 5.60 Å². The maximum absolute atomic E-state index is 12.2. The number of rotatable bonds is 7. The van der Waals surface area contributed by atoms with Gasteiger partial charge in [0, 0.05) is 25.5 Å². The van der Waals surface area contributed by atoms with E-state index in [0.29, 0.717) is 5.92 Å². The lowest BCUT2D eigenvalue weighted by atomic mass is 9.82. The molecule has 1 fully saturated rings. The molecule has 2 rings (SSSR count). The lowest BCUT2D eigenvalue weighted by Crippen LogP contribution is -2.41. The normalized spacial score (nSPS) is 17.5. The summed E-state index contributed by atoms with van der Waals surface area (Å²) in [5.74, 6) is 0.562. The third-order valence-electron chi connectivity index (χ3n) is 5.59. The average molecular weight is 405 g/mol. The highest BCUT2D eigenvalue weighted by Gasteiger charge is 2.28. The Labute approximate surface area is 175 Å². The van der Waals surface area contributed by atoms with Crippen molar-refractivity contribution >= 4 is 12.1 Å². The Balaban J connectivity index is 1.88. The van der Waals surface area contributed by atoms with Crippen molar-refractivity contribution in [3.63, 3.8) is 0 Å². The molecule has 0 radical (unpaired) electrons. The fourth-order valence-corrected chi connectivity index (χ4v) is 3.93. The van der Waals surface area contributed by atoms with Crippen LogP contribution in [0.25, 0.3) is 0 Å². The van der Waals surface area contributed by atoms with Gasteiger partial charge in [-0.05, 0) is 76.3 Å². The van der Waals surface area contributed by atoms with Crippen LogP contribution in [-0.2, 0) is 14.3 Å². The predicted molar refractivity (Wildman–Crippen MR) is 113 cm³/mol. The van der Waals surface area contributed by atoms with E-state index in [1.54, 1.807) is 6.20 Å². The highest BCUT2D eigenvalue weighted by atomic mass is 16.6. The highest BCUT2D eigenvalue weighted by Crippen LogP contribution is 2.32. The summed E-state index contributed by atoms with van der Waals surface area (Å²) in [4.78, 5) is 30.2. The molecule has 6 nitrogen and oxygen atoms in total. The highest BCUT2D eigenvalue weighted by molar-refractivity contribution is 5.71. The molecular formula is C23H36N2O4. The summed E-state index contributed by atoms with van der Waals surface area (Å²) in [6.45, 7) is 9.10. The number of nitrogens with zero attached hydrogens (tertiary/aromatic N) is 2. The van der Waals surface area contributed by atoms with Crippen molar-refractivity contribution in [2.24, 2.45) is 11.8 Å². The maximum atomic E-state index is 12.2. The van der Waals surface area contributed by atoms with Gasteiger partial charge in [-0.3, -0.25) is 9.78 Å². The van der Waals surface area contributed by atoms with Gasteiger partial charge in [0.05, 0.1) is 13.0 Å². The summed E-state index contributed by atoms with van der Waals surface area (Å²) in [7, 11) is 1.44. The largest absolute Gasteiger partial charge is 0.469 e. The molecule has 0 bridgehead atoms. The van der Waals surface area contributed by atoms with E-state index in [9.17, 15) is 9.59 Å². The number of carbonyl (C=O) groups excluding carboxylic acids is 2. The second kappa shape index (κ2) is 10.6. The second-order valence-corrected chi connectivity index (χ2v) is 9.13. The lowest BCUT2D eigenvalue weighted by molar-refractivity contribution is -0.145. The first-order valence-electron chi connectivity index (χ1n) is 10.6. The SMILES string of the molecule is COC(=O)C(C)CC(CCC1CCN(C(=O)OC(C)(C)C)CC1)c1cccnc1. The molecule has 0 aliphatic carbocycles. The van der Waals surface area contributed by atoms with E-state index in [4.69, 9.17) is 9.47 Å². The van der Waals surface area contributed by atoms with Crippen molar-refractivity contribution in [1.29, 1.82) is 0 Å². The van der Waals surface area contributed by atoms with Crippen molar-refractivity contribution in [3.05, 3.63) is 30.1 Å². The first-order chi connectivity index (χ1) is 13.7. The van der Waals surface area contributed by atoms with E-state index in [-0.39, 0.29) is 23.9 Å². The van der Waals surface area contributed by atoms with Gasteiger partial charge in [-0.1, -0.05) is 13.0 Å². The van der Waals surface area contributed by atoms with Gasteiger partial charge in [0.25, 0.3) is 0 Å². The van der Waals surface area contributed by atoms with Crippen LogP contribution < -0.4 is 0 Å². The summed E-state index contributed by atoms with van der Waals surface area (Å²) in [6.07, 6.45) is 8.29. The number of likely N-dealkylation sites (tertiary alicyclic amines) is 1. The summed E-state index contributed by atoms with van der Waals surface area (Å²) in [5.41, 5.74) is 0.718. The number of hydrogen-bond donors (Lipinski definition) is 0. The second-order valence-electron chi connectivity index (χ2n) is 9.13. The average Bonchev–Trinajstić information content (AvgIpc) is 2.70. The fraction of sp³-hybridized carbons (Fsp3) is 0.696. The van der Waals surface area contributed by atoms with E-state index in [1.807, 2.05) is 44.9 Å². The van der Waals surface area contributed by atoms with Crippen LogP contribution >= 0.6 is 0 Å². The zero-order chi connectivity index (χ0) is 21.4. The summed E-state index contributed by atoms with van der Waals surface area (Å²) >= 11 is 0. The summed E-state index contributed by atoms with van der Waals surface area (Å²) in [5, 5.41) is 0. The molecule has 1 aromatic rings. The maximum Gasteiger partial charge on any atom is 0.410 e. The zero-order valence-corrected chi connectivity index (χ0v) is 18.5. The van der Waals surface area contributed by atoms with E-state index >= 15 is 0 Å². The monoisotopic (exact) mass is 404 g/mol. The van der Waals surface area contributed by atoms with Crippen LogP contribution in [-0.4, -0.2) is 47.7 Å². The quantitative estimate of drug-likeness (QED) is 0.611. The summed E-state index contributed by atoms with van der Waals surface area (Å²) in [6, 6.07) is 4.04. The first-order valence-corrected chi connectivity index (χ1v) is 10.6. The molecule has 162 valence electrons. The Bertz CT molecular complexity index is 649.